The van der Waals surface area contributed by atoms with Crippen molar-refractivity contribution >= 4 is 33.9 Å². The Morgan fingerprint density at radius 2 is 1.29 bits per heavy atom. The van der Waals surface area contributed by atoms with Gasteiger partial charge in [-0.25, -0.2) is 13.1 Å². The van der Waals surface area contributed by atoms with E-state index in [1.165, 1.54) is 31.3 Å². The summed E-state index contributed by atoms with van der Waals surface area (Å²) in [4.78, 5) is 48.4. The van der Waals surface area contributed by atoms with E-state index in [0.717, 1.165) is 0 Å². The molecular weight excluding hydrogens is 562 g/mol. The molecule has 13 nitrogen and oxygen atoms in total. The van der Waals surface area contributed by atoms with E-state index in [2.05, 4.69) is 4.72 Å². The van der Waals surface area contributed by atoms with E-state index >= 15 is 0 Å². The van der Waals surface area contributed by atoms with Gasteiger partial charge in [-0.3, -0.25) is 19.2 Å². The lowest BCUT2D eigenvalue weighted by atomic mass is 9.98. The lowest BCUT2D eigenvalue weighted by Crippen LogP contribution is -2.63. The van der Waals surface area contributed by atoms with Gasteiger partial charge >= 0.3 is 23.9 Å². The zero-order chi connectivity index (χ0) is 33.1. The first-order chi connectivity index (χ1) is 21.5. The van der Waals surface area contributed by atoms with Gasteiger partial charge in [0.25, 0.3) is 0 Å². The van der Waals surface area contributed by atoms with Crippen molar-refractivity contribution in [2.75, 3.05) is 13.7 Å². The molecule has 1 N–H and O–H groups in total. The summed E-state index contributed by atoms with van der Waals surface area (Å²) >= 11 is 0. The minimum Gasteiger partial charge on any atom is -0.463 e. The quantitative estimate of drug-likeness (QED) is 0.311. The smallest absolute Gasteiger partial charge is 0.303 e. The van der Waals surface area contributed by atoms with Gasteiger partial charge in [0.05, 0.1) is 4.90 Å². The zero-order valence-electron chi connectivity index (χ0n) is 25.8. The Bertz CT molecular complexity index is 1440. The number of benzene rings is 2. The van der Waals surface area contributed by atoms with Crippen LogP contribution in [0.25, 0.3) is 11.1 Å². The third kappa shape index (κ3) is 8.49. The molecule has 0 bridgehead atoms. The van der Waals surface area contributed by atoms with Gasteiger partial charge in [0.15, 0.2) is 12.2 Å². The van der Waals surface area contributed by atoms with Crippen LogP contribution in [-0.4, -0.2) is 76.7 Å². The molecule has 222 valence electrons. The van der Waals surface area contributed by atoms with Gasteiger partial charge in [-0.2, -0.15) is 0 Å². The third-order valence-corrected chi connectivity index (χ3v) is 7.11. The maximum absolute atomic E-state index is 12.2. The highest BCUT2D eigenvalue weighted by Crippen LogP contribution is 2.32. The average Bonchev–Trinajstić information content (AvgIpc) is 3.06. The van der Waals surface area contributed by atoms with Gasteiger partial charge in [-0.15, -0.1) is 0 Å². The number of ether oxygens (including phenoxy) is 6. The number of hydrogen-bond donors (Lipinski definition) is 1. The van der Waals surface area contributed by atoms with E-state index in [4.69, 9.17) is 33.9 Å². The van der Waals surface area contributed by atoms with Crippen LogP contribution in [0.5, 0.6) is 5.75 Å². The molecule has 1 aliphatic rings. The number of carbonyl (C=O) groups excluding carboxylic acids is 4. The minimum absolute atomic E-state index is 0.0757. The van der Waals surface area contributed by atoms with Gasteiger partial charge < -0.3 is 28.4 Å². The van der Waals surface area contributed by atoms with E-state index < -0.39 is 98.8 Å². The van der Waals surface area contributed by atoms with Crippen LogP contribution in [-0.2, 0) is 52.9 Å². The molecule has 1 unspecified atom stereocenters. The van der Waals surface area contributed by atoms with Gasteiger partial charge in [0.2, 0.25) is 22.4 Å². The molecule has 5 atom stereocenters. The summed E-state index contributed by atoms with van der Waals surface area (Å²) in [7, 11) is -2.32. The maximum atomic E-state index is 12.2. The molecule has 3 rings (SSSR count). The van der Waals surface area contributed by atoms with Crippen LogP contribution in [0.3, 0.4) is 0 Å². The maximum Gasteiger partial charge on any atom is 0.303 e. The molecule has 0 radical (unpaired) electrons. The first-order valence-corrected chi connectivity index (χ1v) is 13.3. The Balaban J connectivity index is 1.96. The van der Waals surface area contributed by atoms with Crippen molar-refractivity contribution in [3.8, 4) is 16.9 Å². The standard InChI is InChI=1S/C27H31NO12S/c1-15(29)35-14-23-24(36-16(2)30)25(37-17(3)31)26(38-18(4)32)27(40-23)39-21-10-6-19(7-11-21)20-8-12-22(13-9-20)41(33,34)28-5/h6-13,23-28H,14H2,1-5H3/t23-,24-,25+,26+,27?/m1/s1/i1D,2D,3D,4D. The number of carbonyl (C=O) groups is 4. The molecular formula is C27H31NO12S. The van der Waals surface area contributed by atoms with Crippen LogP contribution in [0.2, 0.25) is 0 Å². The molecule has 0 amide bonds. The Hall–Kier alpha value is -4.01. The lowest BCUT2D eigenvalue weighted by molar-refractivity contribution is -0.288. The molecule has 0 saturated carbocycles. The van der Waals surface area contributed by atoms with Crippen LogP contribution in [0.4, 0.5) is 0 Å². The Labute approximate surface area is 242 Å². The van der Waals surface area contributed by atoms with E-state index in [9.17, 15) is 27.6 Å². The molecule has 1 heterocycles. The monoisotopic (exact) mass is 597 g/mol. The van der Waals surface area contributed by atoms with Crippen LogP contribution < -0.4 is 9.46 Å². The normalized spacial score (nSPS) is 23.5. The average molecular weight is 598 g/mol. The molecule has 1 aliphatic heterocycles. The summed E-state index contributed by atoms with van der Waals surface area (Å²) in [6.07, 6.45) is -7.98. The van der Waals surface area contributed by atoms with Gasteiger partial charge in [-0.05, 0) is 42.4 Å². The molecule has 2 aromatic carbocycles. The molecule has 0 aromatic heterocycles. The van der Waals surface area contributed by atoms with Crippen LogP contribution in [0, 0.1) is 0 Å². The molecule has 2 aromatic rings. The number of hydrogen-bond acceptors (Lipinski definition) is 12. The van der Waals surface area contributed by atoms with Crippen molar-refractivity contribution in [3.63, 3.8) is 0 Å². The predicted octanol–water partition coefficient (Wildman–Crippen LogP) is 1.72. The number of rotatable bonds is 10. The summed E-state index contributed by atoms with van der Waals surface area (Å²) in [6.45, 7) is -3.95. The topological polar surface area (TPSA) is 170 Å². The number of sulfonamides is 1. The van der Waals surface area contributed by atoms with Crippen molar-refractivity contribution in [3.05, 3.63) is 48.5 Å². The highest BCUT2D eigenvalue weighted by Gasteiger charge is 2.53. The fourth-order valence-electron chi connectivity index (χ4n) is 3.94. The molecule has 0 aliphatic carbocycles. The van der Waals surface area contributed by atoms with Crippen molar-refractivity contribution in [1.82, 2.24) is 4.72 Å². The number of nitrogens with one attached hydrogen (secondary N) is 1. The second kappa shape index (κ2) is 13.6. The first kappa shape index (κ1) is 25.9. The minimum atomic E-state index is -3.62. The molecule has 0 spiro atoms. The predicted molar refractivity (Wildman–Crippen MR) is 141 cm³/mol. The first-order valence-electron chi connectivity index (χ1n) is 14.7. The fourth-order valence-corrected chi connectivity index (χ4v) is 4.67. The van der Waals surface area contributed by atoms with E-state index in [-0.39, 0.29) is 10.6 Å². The van der Waals surface area contributed by atoms with Crippen molar-refractivity contribution in [1.29, 1.82) is 0 Å². The highest BCUT2D eigenvalue weighted by molar-refractivity contribution is 7.89. The Kier molecular flexibility index (Phi) is 8.58. The molecule has 14 heteroatoms. The van der Waals surface area contributed by atoms with E-state index in [1.54, 1.807) is 24.3 Å². The largest absolute Gasteiger partial charge is 0.463 e. The van der Waals surface area contributed by atoms with Crippen LogP contribution in [0.1, 0.15) is 33.1 Å². The Morgan fingerprint density at radius 3 is 1.83 bits per heavy atom. The van der Waals surface area contributed by atoms with Gasteiger partial charge in [0, 0.05) is 33.1 Å². The molecule has 1 fully saturated rings. The van der Waals surface area contributed by atoms with Crippen molar-refractivity contribution in [2.24, 2.45) is 0 Å². The summed E-state index contributed by atoms with van der Waals surface area (Å²) in [5.41, 5.74) is 1.34. The van der Waals surface area contributed by atoms with Crippen LogP contribution in [0.15, 0.2) is 53.4 Å². The highest BCUT2D eigenvalue weighted by atomic mass is 32.2. The SMILES string of the molecule is [2H]CC(=O)OC[C@H]1OC(Oc2ccc(-c3ccc(S(=O)(=O)NC)cc3)cc2)[C@@H](OC(=O)C[2H])[C@@H](OC(=O)C[2H])[C@@H]1OC(=O)C[2H]. The molecule has 1 saturated heterocycles. The summed E-state index contributed by atoms with van der Waals surface area (Å²) in [5.74, 6) is -4.12. The van der Waals surface area contributed by atoms with Crippen LogP contribution >= 0.6 is 0 Å². The molecule has 41 heavy (non-hydrogen) atoms. The van der Waals surface area contributed by atoms with E-state index in [1.807, 2.05) is 0 Å². The zero-order valence-corrected chi connectivity index (χ0v) is 22.7. The summed E-state index contributed by atoms with van der Waals surface area (Å²) in [5, 5.41) is 0. The Morgan fingerprint density at radius 1 is 0.780 bits per heavy atom. The van der Waals surface area contributed by atoms with Gasteiger partial charge in [0.1, 0.15) is 18.5 Å². The van der Waals surface area contributed by atoms with E-state index in [0.29, 0.717) is 11.1 Å². The summed E-state index contributed by atoms with van der Waals surface area (Å²) < 4.78 is 88.2. The lowest BCUT2D eigenvalue weighted by Gasteiger charge is -2.43. The number of esters is 4. The van der Waals surface area contributed by atoms with Crippen molar-refractivity contribution in [2.45, 2.75) is 63.2 Å². The van der Waals surface area contributed by atoms with Crippen molar-refractivity contribution < 1.29 is 61.5 Å². The second-order valence-corrected chi connectivity index (χ2v) is 10.4. The van der Waals surface area contributed by atoms with Gasteiger partial charge in [-0.1, -0.05) is 24.3 Å². The fraction of sp³-hybridized carbons (Fsp3) is 0.407. The summed E-state index contributed by atoms with van der Waals surface area (Å²) in [6, 6.07) is 12.4. The third-order valence-electron chi connectivity index (χ3n) is 5.68. The second-order valence-electron chi connectivity index (χ2n) is 8.46.